The van der Waals surface area contributed by atoms with Crippen molar-refractivity contribution in [3.05, 3.63) is 29.8 Å². The summed E-state index contributed by atoms with van der Waals surface area (Å²) in [6.45, 7) is 0.863. The van der Waals surface area contributed by atoms with Crippen molar-refractivity contribution in [2.24, 2.45) is 5.73 Å². The van der Waals surface area contributed by atoms with E-state index in [4.69, 9.17) is 5.73 Å². The van der Waals surface area contributed by atoms with Crippen LogP contribution in [0.2, 0.25) is 0 Å². The highest BCUT2D eigenvalue weighted by Gasteiger charge is 2.19. The Morgan fingerprint density at radius 1 is 1.50 bits per heavy atom. The second-order valence-electron chi connectivity index (χ2n) is 3.36. The first kappa shape index (κ1) is 8.87. The average molecular weight is 191 g/mol. The standard InChI is InChI=1S/C10H13N3O/c11-10(14)13-9-5-6-12-8-4-2-1-3-7(8)9/h1-4,9,12H,5-6H2,(H3,11,13,14). The predicted molar refractivity (Wildman–Crippen MR) is 55.0 cm³/mol. The van der Waals surface area contributed by atoms with Crippen molar-refractivity contribution in [3.63, 3.8) is 0 Å². The number of para-hydroxylation sites is 1. The van der Waals surface area contributed by atoms with E-state index in [0.717, 1.165) is 24.2 Å². The molecule has 0 aromatic heterocycles. The molecule has 0 radical (unpaired) electrons. The molecule has 74 valence electrons. The summed E-state index contributed by atoms with van der Waals surface area (Å²) in [4.78, 5) is 10.8. The van der Waals surface area contributed by atoms with Crippen molar-refractivity contribution in [3.8, 4) is 0 Å². The van der Waals surface area contributed by atoms with Gasteiger partial charge in [0.25, 0.3) is 0 Å². The summed E-state index contributed by atoms with van der Waals surface area (Å²) in [5, 5.41) is 6.01. The molecule has 1 aliphatic rings. The number of primary amides is 1. The lowest BCUT2D eigenvalue weighted by Gasteiger charge is -2.26. The van der Waals surface area contributed by atoms with E-state index in [0.29, 0.717) is 0 Å². The van der Waals surface area contributed by atoms with Crippen molar-refractivity contribution in [2.75, 3.05) is 11.9 Å². The minimum atomic E-state index is -0.466. The van der Waals surface area contributed by atoms with Crippen LogP contribution in [0.4, 0.5) is 10.5 Å². The van der Waals surface area contributed by atoms with Gasteiger partial charge in [-0.25, -0.2) is 4.79 Å². The normalized spacial score (nSPS) is 19.3. The van der Waals surface area contributed by atoms with Crippen LogP contribution in [0.5, 0.6) is 0 Å². The fraction of sp³-hybridized carbons (Fsp3) is 0.300. The van der Waals surface area contributed by atoms with E-state index < -0.39 is 6.03 Å². The number of rotatable bonds is 1. The number of benzene rings is 1. The number of fused-ring (bicyclic) bond motifs is 1. The quantitative estimate of drug-likeness (QED) is 0.624. The first-order chi connectivity index (χ1) is 6.77. The predicted octanol–water partition coefficient (Wildman–Crippen LogP) is 1.21. The number of hydrogen-bond acceptors (Lipinski definition) is 2. The Kier molecular flexibility index (Phi) is 2.26. The monoisotopic (exact) mass is 191 g/mol. The largest absolute Gasteiger partial charge is 0.385 e. The van der Waals surface area contributed by atoms with Gasteiger partial charge in [-0.15, -0.1) is 0 Å². The van der Waals surface area contributed by atoms with Crippen LogP contribution in [0.25, 0.3) is 0 Å². The molecule has 0 aliphatic carbocycles. The number of amides is 2. The van der Waals surface area contributed by atoms with Gasteiger partial charge in [-0.05, 0) is 18.1 Å². The lowest BCUT2D eigenvalue weighted by atomic mass is 9.98. The zero-order chi connectivity index (χ0) is 9.97. The summed E-state index contributed by atoms with van der Waals surface area (Å²) in [7, 11) is 0. The van der Waals surface area contributed by atoms with Crippen molar-refractivity contribution in [1.29, 1.82) is 0 Å². The number of anilines is 1. The van der Waals surface area contributed by atoms with Crippen LogP contribution in [-0.2, 0) is 0 Å². The smallest absolute Gasteiger partial charge is 0.312 e. The van der Waals surface area contributed by atoms with Crippen LogP contribution >= 0.6 is 0 Å². The minimum Gasteiger partial charge on any atom is -0.385 e. The number of carbonyl (C=O) groups excluding carboxylic acids is 1. The number of nitrogens with one attached hydrogen (secondary N) is 2. The number of carbonyl (C=O) groups is 1. The molecule has 1 unspecified atom stereocenters. The number of nitrogens with two attached hydrogens (primary N) is 1. The molecule has 1 aromatic rings. The van der Waals surface area contributed by atoms with Gasteiger partial charge in [-0.1, -0.05) is 18.2 Å². The molecule has 2 rings (SSSR count). The molecule has 2 amide bonds. The highest BCUT2D eigenvalue weighted by Crippen LogP contribution is 2.28. The first-order valence-electron chi connectivity index (χ1n) is 4.66. The molecule has 0 saturated heterocycles. The van der Waals surface area contributed by atoms with E-state index in [1.54, 1.807) is 0 Å². The van der Waals surface area contributed by atoms with Gasteiger partial charge >= 0.3 is 6.03 Å². The molecule has 4 nitrogen and oxygen atoms in total. The third-order valence-electron chi connectivity index (χ3n) is 2.40. The molecule has 0 bridgehead atoms. The van der Waals surface area contributed by atoms with E-state index in [2.05, 4.69) is 10.6 Å². The molecule has 0 spiro atoms. The maximum atomic E-state index is 10.8. The summed E-state index contributed by atoms with van der Waals surface area (Å²) >= 11 is 0. The van der Waals surface area contributed by atoms with Crippen molar-refractivity contribution < 1.29 is 4.79 Å². The van der Waals surface area contributed by atoms with Gasteiger partial charge in [0, 0.05) is 12.2 Å². The average Bonchev–Trinajstić information content (AvgIpc) is 2.18. The second-order valence-corrected chi connectivity index (χ2v) is 3.36. The molecule has 4 heteroatoms. The zero-order valence-electron chi connectivity index (χ0n) is 7.79. The van der Waals surface area contributed by atoms with Crippen LogP contribution < -0.4 is 16.4 Å². The van der Waals surface area contributed by atoms with Crippen molar-refractivity contribution >= 4 is 11.7 Å². The molecular formula is C10H13N3O. The van der Waals surface area contributed by atoms with E-state index in [9.17, 15) is 4.79 Å². The van der Waals surface area contributed by atoms with Crippen LogP contribution in [0.3, 0.4) is 0 Å². The van der Waals surface area contributed by atoms with Crippen LogP contribution in [0.1, 0.15) is 18.0 Å². The lowest BCUT2D eigenvalue weighted by molar-refractivity contribution is 0.244. The molecule has 1 atom stereocenters. The Bertz CT molecular complexity index is 351. The summed E-state index contributed by atoms with van der Waals surface area (Å²) in [6, 6.07) is 7.52. The van der Waals surface area contributed by atoms with Gasteiger partial charge in [0.2, 0.25) is 0 Å². The van der Waals surface area contributed by atoms with Gasteiger partial charge in [-0.2, -0.15) is 0 Å². The van der Waals surface area contributed by atoms with E-state index >= 15 is 0 Å². The number of urea groups is 1. The van der Waals surface area contributed by atoms with Crippen molar-refractivity contribution in [1.82, 2.24) is 5.32 Å². The fourth-order valence-corrected chi connectivity index (χ4v) is 1.79. The van der Waals surface area contributed by atoms with Gasteiger partial charge in [0.1, 0.15) is 0 Å². The fourth-order valence-electron chi connectivity index (χ4n) is 1.79. The molecule has 0 saturated carbocycles. The lowest BCUT2D eigenvalue weighted by Crippen LogP contribution is -2.36. The molecule has 4 N–H and O–H groups in total. The zero-order valence-corrected chi connectivity index (χ0v) is 7.79. The van der Waals surface area contributed by atoms with E-state index in [1.165, 1.54) is 0 Å². The number of hydrogen-bond donors (Lipinski definition) is 3. The SMILES string of the molecule is NC(=O)NC1CCNc2ccccc21. The van der Waals surface area contributed by atoms with Crippen molar-refractivity contribution in [2.45, 2.75) is 12.5 Å². The Hall–Kier alpha value is -1.71. The van der Waals surface area contributed by atoms with Crippen LogP contribution in [0.15, 0.2) is 24.3 Å². The van der Waals surface area contributed by atoms with Gasteiger partial charge < -0.3 is 16.4 Å². The molecule has 0 fully saturated rings. The van der Waals surface area contributed by atoms with E-state index in [1.807, 2.05) is 24.3 Å². The maximum Gasteiger partial charge on any atom is 0.312 e. The summed E-state index contributed by atoms with van der Waals surface area (Å²) in [6.07, 6.45) is 0.875. The molecule has 1 aliphatic heterocycles. The van der Waals surface area contributed by atoms with Gasteiger partial charge in [-0.3, -0.25) is 0 Å². The summed E-state index contributed by atoms with van der Waals surface area (Å²) in [5.74, 6) is 0. The van der Waals surface area contributed by atoms with Crippen LogP contribution in [0, 0.1) is 0 Å². The second kappa shape index (κ2) is 3.57. The maximum absolute atomic E-state index is 10.8. The topological polar surface area (TPSA) is 67.2 Å². The Morgan fingerprint density at radius 3 is 3.07 bits per heavy atom. The highest BCUT2D eigenvalue weighted by molar-refractivity contribution is 5.73. The molecular weight excluding hydrogens is 178 g/mol. The summed E-state index contributed by atoms with van der Waals surface area (Å²) in [5.41, 5.74) is 7.30. The Morgan fingerprint density at radius 2 is 2.29 bits per heavy atom. The molecule has 1 aromatic carbocycles. The molecule has 14 heavy (non-hydrogen) atoms. The third-order valence-corrected chi connectivity index (χ3v) is 2.40. The summed E-state index contributed by atoms with van der Waals surface area (Å²) < 4.78 is 0. The molecule has 1 heterocycles. The first-order valence-corrected chi connectivity index (χ1v) is 4.66. The Balaban J connectivity index is 2.26. The van der Waals surface area contributed by atoms with Crippen LogP contribution in [-0.4, -0.2) is 12.6 Å². The Labute approximate surface area is 82.5 Å². The van der Waals surface area contributed by atoms with Gasteiger partial charge in [0.05, 0.1) is 6.04 Å². The van der Waals surface area contributed by atoms with Gasteiger partial charge in [0.15, 0.2) is 0 Å². The van der Waals surface area contributed by atoms with E-state index in [-0.39, 0.29) is 6.04 Å². The highest BCUT2D eigenvalue weighted by atomic mass is 16.2. The third kappa shape index (κ3) is 1.64. The minimum absolute atomic E-state index is 0.0462.